The molecule has 2 aromatic rings. The summed E-state index contributed by atoms with van der Waals surface area (Å²) in [6, 6.07) is 3.68. The van der Waals surface area contributed by atoms with Crippen molar-refractivity contribution in [2.45, 2.75) is 20.3 Å². The van der Waals surface area contributed by atoms with E-state index in [2.05, 4.69) is 31.4 Å². The Balaban J connectivity index is 2.33. The van der Waals surface area contributed by atoms with Crippen LogP contribution in [0.3, 0.4) is 0 Å². The van der Waals surface area contributed by atoms with Gasteiger partial charge in [0.15, 0.2) is 5.69 Å². The molecule has 0 atom stereocenters. The third-order valence-electron chi connectivity index (χ3n) is 3.17. The number of anilines is 2. The average Bonchev–Trinajstić information content (AvgIpc) is 2.82. The normalized spacial score (nSPS) is 10.5. The summed E-state index contributed by atoms with van der Waals surface area (Å²) >= 11 is 3.39. The molecule has 7 heteroatoms. The summed E-state index contributed by atoms with van der Waals surface area (Å²) in [5.74, 6) is 0.201. The van der Waals surface area contributed by atoms with Crippen molar-refractivity contribution in [2.24, 2.45) is 0 Å². The number of methoxy groups -OCH3 is 1. The third-order valence-corrected chi connectivity index (χ3v) is 3.63. The molecule has 1 aromatic heterocycles. The zero-order chi connectivity index (χ0) is 15.6. The lowest BCUT2D eigenvalue weighted by atomic mass is 10.1. The van der Waals surface area contributed by atoms with Crippen molar-refractivity contribution in [3.63, 3.8) is 0 Å². The number of hydrogen-bond acceptors (Lipinski definition) is 4. The molecule has 1 aromatic carbocycles. The molecular formula is C14H17BrN4O2. The van der Waals surface area contributed by atoms with Crippen molar-refractivity contribution in [3.8, 4) is 5.75 Å². The number of aryl methyl sites for hydroxylation is 2. The van der Waals surface area contributed by atoms with Crippen molar-refractivity contribution in [2.75, 3.05) is 18.2 Å². The van der Waals surface area contributed by atoms with Gasteiger partial charge in [-0.1, -0.05) is 22.9 Å². The summed E-state index contributed by atoms with van der Waals surface area (Å²) in [6.07, 6.45) is 0.687. The van der Waals surface area contributed by atoms with Crippen LogP contribution in [0.15, 0.2) is 16.6 Å². The van der Waals surface area contributed by atoms with Gasteiger partial charge in [0.1, 0.15) is 5.75 Å². The van der Waals surface area contributed by atoms with Crippen molar-refractivity contribution in [1.29, 1.82) is 0 Å². The topological polar surface area (TPSA) is 93.0 Å². The zero-order valence-electron chi connectivity index (χ0n) is 12.1. The highest BCUT2D eigenvalue weighted by molar-refractivity contribution is 9.10. The first-order chi connectivity index (χ1) is 9.97. The number of halogens is 1. The molecule has 0 bridgehead atoms. The van der Waals surface area contributed by atoms with E-state index in [0.29, 0.717) is 23.5 Å². The minimum absolute atomic E-state index is 0.191. The van der Waals surface area contributed by atoms with Gasteiger partial charge in [-0.15, -0.1) is 0 Å². The molecule has 112 valence electrons. The molecule has 0 spiro atoms. The summed E-state index contributed by atoms with van der Waals surface area (Å²) < 4.78 is 6.17. The molecule has 0 unspecified atom stereocenters. The Morgan fingerprint density at radius 2 is 2.24 bits per heavy atom. The number of ether oxygens (including phenoxy) is 1. The van der Waals surface area contributed by atoms with E-state index < -0.39 is 0 Å². The van der Waals surface area contributed by atoms with E-state index in [1.807, 2.05) is 19.9 Å². The van der Waals surface area contributed by atoms with E-state index in [1.54, 1.807) is 13.2 Å². The highest BCUT2D eigenvalue weighted by Gasteiger charge is 2.19. The van der Waals surface area contributed by atoms with Gasteiger partial charge < -0.3 is 15.8 Å². The number of nitrogens with zero attached hydrogens (tertiary/aromatic N) is 1. The number of benzene rings is 1. The van der Waals surface area contributed by atoms with Gasteiger partial charge in [0.25, 0.3) is 5.91 Å². The molecule has 4 N–H and O–H groups in total. The van der Waals surface area contributed by atoms with Gasteiger partial charge in [-0.25, -0.2) is 0 Å². The van der Waals surface area contributed by atoms with Gasteiger partial charge in [-0.05, 0) is 31.0 Å². The fraction of sp³-hybridized carbons (Fsp3) is 0.286. The van der Waals surface area contributed by atoms with Crippen molar-refractivity contribution < 1.29 is 9.53 Å². The number of aromatic nitrogens is 2. The number of nitrogen functional groups attached to an aromatic ring is 1. The van der Waals surface area contributed by atoms with Crippen LogP contribution in [0.4, 0.5) is 11.4 Å². The van der Waals surface area contributed by atoms with Gasteiger partial charge in [0.05, 0.1) is 24.2 Å². The average molecular weight is 353 g/mol. The molecule has 0 saturated heterocycles. The molecule has 0 radical (unpaired) electrons. The lowest BCUT2D eigenvalue weighted by Gasteiger charge is -2.13. The number of rotatable bonds is 4. The molecule has 0 aliphatic heterocycles. The maximum atomic E-state index is 12.3. The SMILES string of the molecule is CCc1[nH]nc(C(=O)Nc2c(C)cc(Br)cc2OC)c1N. The predicted octanol–water partition coefficient (Wildman–Crippen LogP) is 2.89. The highest BCUT2D eigenvalue weighted by atomic mass is 79.9. The van der Waals surface area contributed by atoms with E-state index in [4.69, 9.17) is 10.5 Å². The van der Waals surface area contributed by atoms with Gasteiger partial charge in [0.2, 0.25) is 0 Å². The number of hydrogen-bond donors (Lipinski definition) is 3. The van der Waals surface area contributed by atoms with Gasteiger partial charge in [0, 0.05) is 4.47 Å². The number of nitrogens with one attached hydrogen (secondary N) is 2. The molecule has 6 nitrogen and oxygen atoms in total. The van der Waals surface area contributed by atoms with Gasteiger partial charge >= 0.3 is 0 Å². The van der Waals surface area contributed by atoms with Crippen LogP contribution in [0.2, 0.25) is 0 Å². The lowest BCUT2D eigenvalue weighted by Crippen LogP contribution is -2.16. The predicted molar refractivity (Wildman–Crippen MR) is 85.8 cm³/mol. The number of amides is 1. The highest BCUT2D eigenvalue weighted by Crippen LogP contribution is 2.32. The fourth-order valence-electron chi connectivity index (χ4n) is 2.04. The van der Waals surface area contributed by atoms with Crippen molar-refractivity contribution in [1.82, 2.24) is 10.2 Å². The number of H-pyrrole nitrogens is 1. The van der Waals surface area contributed by atoms with E-state index in [0.717, 1.165) is 15.7 Å². The number of carbonyl (C=O) groups is 1. The third kappa shape index (κ3) is 3.02. The second kappa shape index (κ2) is 6.17. The number of nitrogens with two attached hydrogens (primary N) is 1. The summed E-state index contributed by atoms with van der Waals surface area (Å²) in [4.78, 5) is 12.3. The van der Waals surface area contributed by atoms with Crippen LogP contribution in [-0.4, -0.2) is 23.2 Å². The van der Waals surface area contributed by atoms with Crippen LogP contribution < -0.4 is 15.8 Å². The Morgan fingerprint density at radius 3 is 2.81 bits per heavy atom. The number of aromatic amines is 1. The molecule has 21 heavy (non-hydrogen) atoms. The minimum atomic E-state index is -0.368. The summed E-state index contributed by atoms with van der Waals surface area (Å²) in [7, 11) is 1.55. The first-order valence-corrected chi connectivity index (χ1v) is 7.25. The second-order valence-electron chi connectivity index (χ2n) is 4.57. The quantitative estimate of drug-likeness (QED) is 0.788. The Morgan fingerprint density at radius 1 is 1.52 bits per heavy atom. The van der Waals surface area contributed by atoms with Gasteiger partial charge in [-0.3, -0.25) is 9.89 Å². The van der Waals surface area contributed by atoms with Crippen LogP contribution >= 0.6 is 15.9 Å². The number of carbonyl (C=O) groups excluding carboxylic acids is 1. The molecule has 1 heterocycles. The molecule has 0 saturated carbocycles. The Hall–Kier alpha value is -2.02. The summed E-state index contributed by atoms with van der Waals surface area (Å²) in [5, 5.41) is 9.55. The molecule has 0 aliphatic carbocycles. The van der Waals surface area contributed by atoms with E-state index in [1.165, 1.54) is 0 Å². The maximum absolute atomic E-state index is 12.3. The molecule has 2 rings (SSSR count). The van der Waals surface area contributed by atoms with Crippen LogP contribution in [0.5, 0.6) is 5.75 Å². The van der Waals surface area contributed by atoms with E-state index in [9.17, 15) is 4.79 Å². The van der Waals surface area contributed by atoms with Crippen LogP contribution in [-0.2, 0) is 6.42 Å². The monoisotopic (exact) mass is 352 g/mol. The van der Waals surface area contributed by atoms with Crippen LogP contribution in [0.25, 0.3) is 0 Å². The summed E-state index contributed by atoms with van der Waals surface area (Å²) in [6.45, 7) is 3.82. The Bertz CT molecular complexity index is 682. The summed E-state index contributed by atoms with van der Waals surface area (Å²) in [5.41, 5.74) is 8.70. The minimum Gasteiger partial charge on any atom is -0.495 e. The second-order valence-corrected chi connectivity index (χ2v) is 5.49. The largest absolute Gasteiger partial charge is 0.495 e. The standard InChI is InChI=1S/C14H17BrN4O2/c1-4-9-11(16)13(19-18-9)14(20)17-12-7(2)5-8(15)6-10(12)21-3/h5-6H,4,16H2,1-3H3,(H,17,20)(H,18,19). The zero-order valence-corrected chi connectivity index (χ0v) is 13.7. The molecular weight excluding hydrogens is 336 g/mol. The smallest absolute Gasteiger partial charge is 0.278 e. The van der Waals surface area contributed by atoms with E-state index in [-0.39, 0.29) is 11.6 Å². The Kier molecular flexibility index (Phi) is 4.52. The first-order valence-electron chi connectivity index (χ1n) is 6.46. The molecule has 1 amide bonds. The van der Waals surface area contributed by atoms with Crippen molar-refractivity contribution in [3.05, 3.63) is 33.6 Å². The first kappa shape index (κ1) is 15.4. The lowest BCUT2D eigenvalue weighted by molar-refractivity contribution is 0.102. The van der Waals surface area contributed by atoms with E-state index >= 15 is 0 Å². The molecule has 0 aliphatic rings. The maximum Gasteiger partial charge on any atom is 0.278 e. The molecule has 0 fully saturated rings. The van der Waals surface area contributed by atoms with Gasteiger partial charge in [-0.2, -0.15) is 5.10 Å². The fourth-order valence-corrected chi connectivity index (χ4v) is 2.59. The van der Waals surface area contributed by atoms with Crippen LogP contribution in [0.1, 0.15) is 28.7 Å². The van der Waals surface area contributed by atoms with Crippen LogP contribution in [0, 0.1) is 6.92 Å². The van der Waals surface area contributed by atoms with Crippen molar-refractivity contribution >= 4 is 33.2 Å². The Labute approximate surface area is 131 Å².